The first kappa shape index (κ1) is 12.7. The minimum absolute atomic E-state index is 0.155. The first-order valence-corrected chi connectivity index (χ1v) is 5.77. The molecule has 0 amide bonds. The third kappa shape index (κ3) is 3.34. The van der Waals surface area contributed by atoms with Crippen molar-refractivity contribution in [1.29, 1.82) is 0 Å². The van der Waals surface area contributed by atoms with Crippen LogP contribution >= 0.6 is 15.9 Å². The number of hydrogen-bond acceptors (Lipinski definition) is 3. The second kappa shape index (κ2) is 6.27. The fraction of sp³-hybridized carbons (Fsp3) is 0.273. The lowest BCUT2D eigenvalue weighted by atomic mass is 10.0. The summed E-state index contributed by atoms with van der Waals surface area (Å²) in [5.41, 5.74) is 2.20. The number of nitrogens with zero attached hydrogens (tertiary/aromatic N) is 1. The van der Waals surface area contributed by atoms with Crippen LogP contribution in [0.1, 0.15) is 17.5 Å². The van der Waals surface area contributed by atoms with Gasteiger partial charge in [-0.15, -0.1) is 0 Å². The molecule has 1 aromatic rings. The molecule has 0 unspecified atom stereocenters. The predicted molar refractivity (Wildman–Crippen MR) is 64.9 cm³/mol. The standard InChI is InChI=1S/C11H12BrNO3/c1-16-13-10(6-11(14)15)9-5-3-2-4-8(9)7-12/h2-5H,6-7H2,1H3,(H,14,15)/b13-10+. The van der Waals surface area contributed by atoms with Crippen LogP contribution < -0.4 is 0 Å². The molecule has 0 aliphatic carbocycles. The van der Waals surface area contributed by atoms with Crippen molar-refractivity contribution in [3.63, 3.8) is 0 Å². The molecule has 1 rings (SSSR count). The maximum atomic E-state index is 10.7. The van der Waals surface area contributed by atoms with E-state index in [1.807, 2.05) is 24.3 Å². The van der Waals surface area contributed by atoms with E-state index >= 15 is 0 Å². The van der Waals surface area contributed by atoms with Gasteiger partial charge in [-0.3, -0.25) is 4.79 Å². The number of oxime groups is 1. The van der Waals surface area contributed by atoms with Crippen molar-refractivity contribution in [2.45, 2.75) is 11.8 Å². The highest BCUT2D eigenvalue weighted by Crippen LogP contribution is 2.15. The third-order valence-electron chi connectivity index (χ3n) is 1.99. The molecule has 16 heavy (non-hydrogen) atoms. The maximum absolute atomic E-state index is 10.7. The number of benzene rings is 1. The van der Waals surface area contributed by atoms with Crippen LogP contribution in [0.2, 0.25) is 0 Å². The molecule has 1 aromatic carbocycles. The zero-order valence-corrected chi connectivity index (χ0v) is 10.4. The van der Waals surface area contributed by atoms with Crippen LogP contribution in [0.15, 0.2) is 29.4 Å². The van der Waals surface area contributed by atoms with E-state index in [0.717, 1.165) is 11.1 Å². The highest BCUT2D eigenvalue weighted by Gasteiger charge is 2.12. The van der Waals surface area contributed by atoms with Crippen molar-refractivity contribution in [2.75, 3.05) is 7.11 Å². The zero-order chi connectivity index (χ0) is 12.0. The molecule has 0 fully saturated rings. The van der Waals surface area contributed by atoms with Gasteiger partial charge < -0.3 is 9.94 Å². The van der Waals surface area contributed by atoms with E-state index < -0.39 is 5.97 Å². The van der Waals surface area contributed by atoms with Crippen LogP contribution in [0.3, 0.4) is 0 Å². The lowest BCUT2D eigenvalue weighted by Gasteiger charge is -2.07. The number of aliphatic carboxylic acids is 1. The average Bonchev–Trinajstić information content (AvgIpc) is 2.28. The molecule has 5 heteroatoms. The van der Waals surface area contributed by atoms with Crippen molar-refractivity contribution in [3.05, 3.63) is 35.4 Å². The largest absolute Gasteiger partial charge is 0.481 e. The van der Waals surface area contributed by atoms with Crippen LogP contribution in [0.5, 0.6) is 0 Å². The molecule has 0 spiro atoms. The number of carbonyl (C=O) groups is 1. The van der Waals surface area contributed by atoms with E-state index in [9.17, 15) is 4.79 Å². The molecule has 0 aromatic heterocycles. The van der Waals surface area contributed by atoms with Gasteiger partial charge in [0.15, 0.2) is 0 Å². The minimum atomic E-state index is -0.930. The Morgan fingerprint density at radius 3 is 2.75 bits per heavy atom. The Balaban J connectivity index is 3.10. The summed E-state index contributed by atoms with van der Waals surface area (Å²) in [6, 6.07) is 7.48. The van der Waals surface area contributed by atoms with Gasteiger partial charge in [-0.2, -0.15) is 0 Å². The van der Waals surface area contributed by atoms with Crippen LogP contribution in [0.4, 0.5) is 0 Å². The quantitative estimate of drug-likeness (QED) is 0.513. The summed E-state index contributed by atoms with van der Waals surface area (Å²) >= 11 is 3.35. The van der Waals surface area contributed by atoms with Gasteiger partial charge in [0.1, 0.15) is 7.11 Å². The molecule has 0 atom stereocenters. The first-order chi connectivity index (χ1) is 7.69. The topological polar surface area (TPSA) is 58.9 Å². The van der Waals surface area contributed by atoms with Crippen LogP contribution in [0, 0.1) is 0 Å². The summed E-state index contributed by atoms with van der Waals surface area (Å²) < 4.78 is 0. The highest BCUT2D eigenvalue weighted by molar-refractivity contribution is 9.08. The van der Waals surface area contributed by atoms with Crippen molar-refractivity contribution in [2.24, 2.45) is 5.16 Å². The Morgan fingerprint density at radius 1 is 1.50 bits per heavy atom. The summed E-state index contributed by atoms with van der Waals surface area (Å²) in [6.07, 6.45) is -0.155. The van der Waals surface area contributed by atoms with E-state index in [4.69, 9.17) is 5.11 Å². The fourth-order valence-electron chi connectivity index (χ4n) is 1.35. The molecular formula is C11H12BrNO3. The molecule has 0 bridgehead atoms. The number of halogens is 1. The molecule has 0 aliphatic heterocycles. The normalized spacial score (nSPS) is 11.2. The monoisotopic (exact) mass is 285 g/mol. The van der Waals surface area contributed by atoms with Crippen molar-refractivity contribution in [1.82, 2.24) is 0 Å². The first-order valence-electron chi connectivity index (χ1n) is 4.65. The molecule has 0 aliphatic rings. The molecule has 0 saturated heterocycles. The number of hydrogen-bond donors (Lipinski definition) is 1. The Bertz CT molecular complexity index is 404. The lowest BCUT2D eigenvalue weighted by Crippen LogP contribution is -2.11. The van der Waals surface area contributed by atoms with E-state index in [0.29, 0.717) is 11.0 Å². The van der Waals surface area contributed by atoms with Crippen molar-refractivity contribution in [3.8, 4) is 0 Å². The number of rotatable bonds is 5. The molecule has 0 heterocycles. The van der Waals surface area contributed by atoms with Crippen LogP contribution in [-0.4, -0.2) is 23.9 Å². The van der Waals surface area contributed by atoms with Crippen molar-refractivity contribution >= 4 is 27.6 Å². The van der Waals surface area contributed by atoms with Crippen LogP contribution in [0.25, 0.3) is 0 Å². The summed E-state index contributed by atoms with van der Waals surface area (Å²) in [4.78, 5) is 15.4. The van der Waals surface area contributed by atoms with E-state index in [-0.39, 0.29) is 6.42 Å². The predicted octanol–water partition coefficient (Wildman–Crippen LogP) is 2.41. The Morgan fingerprint density at radius 2 is 2.19 bits per heavy atom. The van der Waals surface area contributed by atoms with E-state index in [1.54, 1.807) is 0 Å². The molecule has 86 valence electrons. The van der Waals surface area contributed by atoms with Gasteiger partial charge in [0.2, 0.25) is 0 Å². The molecule has 1 N–H and O–H groups in total. The SMILES string of the molecule is CO/N=C(\CC(=O)O)c1ccccc1CBr. The van der Waals surface area contributed by atoms with Gasteiger partial charge in [-0.25, -0.2) is 0 Å². The molecule has 0 radical (unpaired) electrons. The number of carboxylic acids is 1. The maximum Gasteiger partial charge on any atom is 0.309 e. The molecule has 0 saturated carbocycles. The van der Waals surface area contributed by atoms with E-state index in [1.165, 1.54) is 7.11 Å². The van der Waals surface area contributed by atoms with Crippen molar-refractivity contribution < 1.29 is 14.7 Å². The average molecular weight is 286 g/mol. The van der Waals surface area contributed by atoms with Crippen LogP contribution in [-0.2, 0) is 15.0 Å². The summed E-state index contributed by atoms with van der Waals surface area (Å²) in [6.45, 7) is 0. The second-order valence-corrected chi connectivity index (χ2v) is 3.64. The number of carboxylic acid groups (broad SMARTS) is 1. The fourth-order valence-corrected chi connectivity index (χ4v) is 1.84. The minimum Gasteiger partial charge on any atom is -0.481 e. The summed E-state index contributed by atoms with van der Waals surface area (Å²) in [5.74, 6) is -0.930. The summed E-state index contributed by atoms with van der Waals surface area (Å²) in [5, 5.41) is 13.2. The van der Waals surface area contributed by atoms with Gasteiger partial charge in [-0.1, -0.05) is 45.4 Å². The smallest absolute Gasteiger partial charge is 0.309 e. The van der Waals surface area contributed by atoms with Gasteiger partial charge in [0.25, 0.3) is 0 Å². The zero-order valence-electron chi connectivity index (χ0n) is 8.81. The number of alkyl halides is 1. The molecule has 4 nitrogen and oxygen atoms in total. The van der Waals surface area contributed by atoms with Gasteiger partial charge >= 0.3 is 5.97 Å². The Hall–Kier alpha value is -1.36. The van der Waals surface area contributed by atoms with Gasteiger partial charge in [0, 0.05) is 10.9 Å². The second-order valence-electron chi connectivity index (χ2n) is 3.08. The lowest BCUT2D eigenvalue weighted by molar-refractivity contribution is -0.135. The highest BCUT2D eigenvalue weighted by atomic mass is 79.9. The molecular weight excluding hydrogens is 274 g/mol. The Labute approximate surface area is 102 Å². The van der Waals surface area contributed by atoms with E-state index in [2.05, 4.69) is 25.9 Å². The third-order valence-corrected chi connectivity index (χ3v) is 2.60. The van der Waals surface area contributed by atoms with Gasteiger partial charge in [0.05, 0.1) is 12.1 Å². The summed E-state index contributed by atoms with van der Waals surface area (Å²) in [7, 11) is 1.40. The Kier molecular flexibility index (Phi) is 4.98. The van der Waals surface area contributed by atoms with Gasteiger partial charge in [-0.05, 0) is 5.56 Å².